The summed E-state index contributed by atoms with van der Waals surface area (Å²) in [5, 5.41) is 4.59. The smallest absolute Gasteiger partial charge is 0.158 e. The number of hydrogen-bond donors (Lipinski definition) is 0. The van der Waals surface area contributed by atoms with Crippen LogP contribution in [0.3, 0.4) is 0 Å². The van der Waals surface area contributed by atoms with Gasteiger partial charge in [-0.05, 0) is 32.1 Å². The van der Waals surface area contributed by atoms with Crippen molar-refractivity contribution in [1.29, 1.82) is 0 Å². The first kappa shape index (κ1) is 13.9. The average Bonchev–Trinajstić information content (AvgIpc) is 3.08. The van der Waals surface area contributed by atoms with E-state index in [4.69, 9.17) is 16.6 Å². The van der Waals surface area contributed by atoms with Crippen LogP contribution in [0.5, 0.6) is 0 Å². The van der Waals surface area contributed by atoms with Gasteiger partial charge in [-0.1, -0.05) is 19.8 Å². The van der Waals surface area contributed by atoms with Crippen LogP contribution in [0.1, 0.15) is 44.6 Å². The number of imidazole rings is 1. The van der Waals surface area contributed by atoms with Gasteiger partial charge in [0.25, 0.3) is 0 Å². The summed E-state index contributed by atoms with van der Waals surface area (Å²) < 4.78 is 4.38. The number of halogens is 1. The van der Waals surface area contributed by atoms with Crippen molar-refractivity contribution in [3.63, 3.8) is 0 Å². The van der Waals surface area contributed by atoms with Crippen LogP contribution in [-0.2, 0) is 19.0 Å². The van der Waals surface area contributed by atoms with Crippen molar-refractivity contribution in [3.05, 3.63) is 11.5 Å². The summed E-state index contributed by atoms with van der Waals surface area (Å²) in [6, 6.07) is 0. The lowest BCUT2D eigenvalue weighted by atomic mass is 9.98. The van der Waals surface area contributed by atoms with Crippen molar-refractivity contribution in [2.75, 3.05) is 0 Å². The van der Waals surface area contributed by atoms with Gasteiger partial charge in [0.05, 0.1) is 11.6 Å². The predicted octanol–water partition coefficient (Wildman–Crippen LogP) is 3.74. The molecule has 110 valence electrons. The molecule has 20 heavy (non-hydrogen) atoms. The highest BCUT2D eigenvalue weighted by Gasteiger charge is 2.26. The molecule has 4 nitrogen and oxygen atoms in total. The first-order valence-electron chi connectivity index (χ1n) is 7.64. The summed E-state index contributed by atoms with van der Waals surface area (Å²) >= 11 is 6.12. The Hall–Kier alpha value is -1.03. The Morgan fingerprint density at radius 1 is 1.35 bits per heavy atom. The quantitative estimate of drug-likeness (QED) is 0.805. The van der Waals surface area contributed by atoms with Gasteiger partial charge in [-0.25, -0.2) is 9.67 Å². The van der Waals surface area contributed by atoms with E-state index in [1.165, 1.54) is 19.3 Å². The van der Waals surface area contributed by atoms with Crippen LogP contribution in [0.4, 0.5) is 0 Å². The predicted molar refractivity (Wildman–Crippen MR) is 82.0 cm³/mol. The zero-order valence-electron chi connectivity index (χ0n) is 12.6. The van der Waals surface area contributed by atoms with Crippen LogP contribution < -0.4 is 0 Å². The van der Waals surface area contributed by atoms with Crippen LogP contribution in [0.15, 0.2) is 0 Å². The van der Waals surface area contributed by atoms with E-state index in [0.29, 0.717) is 5.88 Å². The Morgan fingerprint density at radius 3 is 2.75 bits per heavy atom. The Labute approximate surface area is 125 Å². The van der Waals surface area contributed by atoms with E-state index in [1.54, 1.807) is 0 Å². The molecule has 2 heterocycles. The maximum absolute atomic E-state index is 6.12. The molecule has 1 saturated carbocycles. The van der Waals surface area contributed by atoms with Crippen molar-refractivity contribution >= 4 is 22.8 Å². The molecule has 0 N–H and O–H groups in total. The Kier molecular flexibility index (Phi) is 3.76. The molecule has 0 bridgehead atoms. The molecule has 2 unspecified atom stereocenters. The molecular weight excluding hydrogens is 272 g/mol. The summed E-state index contributed by atoms with van der Waals surface area (Å²) in [4.78, 5) is 4.71. The number of fused-ring (bicyclic) bond motifs is 1. The number of hydrogen-bond acceptors (Lipinski definition) is 2. The fraction of sp³-hybridized carbons (Fsp3) is 0.733. The van der Waals surface area contributed by atoms with E-state index in [0.717, 1.165) is 47.6 Å². The van der Waals surface area contributed by atoms with Gasteiger partial charge in [0.2, 0.25) is 0 Å². The van der Waals surface area contributed by atoms with E-state index in [-0.39, 0.29) is 0 Å². The SMILES string of the molecule is CCn1nc(C)c2nc(CCl)n(CC3CCCC3C)c21. The number of aromatic nitrogens is 4. The molecule has 2 aromatic heterocycles. The molecule has 1 aliphatic carbocycles. The molecule has 1 fully saturated rings. The highest BCUT2D eigenvalue weighted by atomic mass is 35.5. The summed E-state index contributed by atoms with van der Waals surface area (Å²) in [7, 11) is 0. The molecule has 0 aromatic carbocycles. The van der Waals surface area contributed by atoms with Gasteiger partial charge in [-0.2, -0.15) is 5.10 Å². The zero-order chi connectivity index (χ0) is 14.3. The number of aryl methyl sites for hydroxylation is 2. The molecule has 0 spiro atoms. The Bertz CT molecular complexity index is 613. The van der Waals surface area contributed by atoms with Gasteiger partial charge in [0.1, 0.15) is 11.3 Å². The van der Waals surface area contributed by atoms with Crippen molar-refractivity contribution < 1.29 is 0 Å². The van der Waals surface area contributed by atoms with E-state index < -0.39 is 0 Å². The van der Waals surface area contributed by atoms with E-state index in [2.05, 4.69) is 28.2 Å². The first-order valence-corrected chi connectivity index (χ1v) is 8.17. The van der Waals surface area contributed by atoms with Gasteiger partial charge in [0, 0.05) is 13.1 Å². The second kappa shape index (κ2) is 5.40. The van der Waals surface area contributed by atoms with E-state index in [1.807, 2.05) is 6.92 Å². The second-order valence-electron chi connectivity index (χ2n) is 6.01. The minimum Gasteiger partial charge on any atom is -0.312 e. The second-order valence-corrected chi connectivity index (χ2v) is 6.28. The van der Waals surface area contributed by atoms with Crippen molar-refractivity contribution in [3.8, 4) is 0 Å². The minimum absolute atomic E-state index is 0.471. The summed E-state index contributed by atoms with van der Waals surface area (Å²) in [6.07, 6.45) is 4.03. The molecule has 0 radical (unpaired) electrons. The van der Waals surface area contributed by atoms with Crippen LogP contribution in [0.2, 0.25) is 0 Å². The number of rotatable bonds is 4. The summed E-state index contributed by atoms with van der Waals surface area (Å²) in [5.41, 5.74) is 3.18. The van der Waals surface area contributed by atoms with Crippen LogP contribution in [0, 0.1) is 18.8 Å². The highest BCUT2D eigenvalue weighted by Crippen LogP contribution is 2.34. The monoisotopic (exact) mass is 294 g/mol. The average molecular weight is 295 g/mol. The molecule has 2 aromatic rings. The third-order valence-corrected chi connectivity index (χ3v) is 4.99. The lowest BCUT2D eigenvalue weighted by Crippen LogP contribution is -2.16. The largest absolute Gasteiger partial charge is 0.312 e. The maximum Gasteiger partial charge on any atom is 0.158 e. The normalized spacial score (nSPS) is 23.0. The standard InChI is InChI=1S/C15H23ClN4/c1-4-20-15-14(11(3)18-20)17-13(8-16)19(15)9-12-7-5-6-10(12)2/h10,12H,4-9H2,1-3H3. The lowest BCUT2D eigenvalue weighted by Gasteiger charge is -2.18. The van der Waals surface area contributed by atoms with Crippen LogP contribution in [-0.4, -0.2) is 19.3 Å². The first-order chi connectivity index (χ1) is 9.65. The minimum atomic E-state index is 0.471. The van der Waals surface area contributed by atoms with Crippen molar-refractivity contribution in [2.24, 2.45) is 11.8 Å². The van der Waals surface area contributed by atoms with Crippen molar-refractivity contribution in [1.82, 2.24) is 19.3 Å². The molecule has 1 aliphatic rings. The molecule has 5 heteroatoms. The molecule has 3 rings (SSSR count). The van der Waals surface area contributed by atoms with E-state index >= 15 is 0 Å². The summed E-state index contributed by atoms with van der Waals surface area (Å²) in [5.74, 6) is 3.01. The topological polar surface area (TPSA) is 35.6 Å². The third kappa shape index (κ3) is 2.14. The summed E-state index contributed by atoms with van der Waals surface area (Å²) in [6.45, 7) is 8.43. The van der Waals surface area contributed by atoms with Gasteiger partial charge >= 0.3 is 0 Å². The van der Waals surface area contributed by atoms with Crippen LogP contribution >= 0.6 is 11.6 Å². The maximum atomic E-state index is 6.12. The fourth-order valence-corrected chi connectivity index (χ4v) is 3.72. The molecule has 0 saturated heterocycles. The van der Waals surface area contributed by atoms with Gasteiger partial charge in [-0.15, -0.1) is 11.6 Å². The van der Waals surface area contributed by atoms with Crippen LogP contribution in [0.25, 0.3) is 11.2 Å². The Balaban J connectivity index is 2.06. The fourth-order valence-electron chi connectivity index (χ4n) is 3.51. The zero-order valence-corrected chi connectivity index (χ0v) is 13.3. The number of nitrogens with zero attached hydrogens (tertiary/aromatic N) is 4. The third-order valence-electron chi connectivity index (χ3n) is 4.75. The lowest BCUT2D eigenvalue weighted by molar-refractivity contribution is 0.362. The molecular formula is C15H23ClN4. The van der Waals surface area contributed by atoms with Gasteiger partial charge in [-0.3, -0.25) is 0 Å². The van der Waals surface area contributed by atoms with E-state index in [9.17, 15) is 0 Å². The number of alkyl halides is 1. The molecule has 0 aliphatic heterocycles. The van der Waals surface area contributed by atoms with Gasteiger partial charge in [0.15, 0.2) is 5.65 Å². The molecule has 0 amide bonds. The highest BCUT2D eigenvalue weighted by molar-refractivity contribution is 6.16. The molecule has 2 atom stereocenters. The Morgan fingerprint density at radius 2 is 2.15 bits per heavy atom. The van der Waals surface area contributed by atoms with Crippen molar-refractivity contribution in [2.45, 2.75) is 59.0 Å². The van der Waals surface area contributed by atoms with Gasteiger partial charge < -0.3 is 4.57 Å².